The van der Waals surface area contributed by atoms with Crippen molar-refractivity contribution in [3.8, 4) is 11.5 Å². The Labute approximate surface area is 224 Å². The predicted molar refractivity (Wildman–Crippen MR) is 147 cm³/mol. The number of aryl methyl sites for hydroxylation is 2. The second-order valence-corrected chi connectivity index (χ2v) is 12.1. The van der Waals surface area contributed by atoms with E-state index in [0.717, 1.165) is 35.3 Å². The summed E-state index contributed by atoms with van der Waals surface area (Å²) < 4.78 is 41.3. The summed E-state index contributed by atoms with van der Waals surface area (Å²) in [5.74, 6) is 0.779. The summed E-state index contributed by atoms with van der Waals surface area (Å²) in [5, 5.41) is 3.17. The summed E-state index contributed by atoms with van der Waals surface area (Å²) in [6.45, 7) is 7.86. The predicted octanol–water partition coefficient (Wildman–Crippen LogP) is 5.46. The summed E-state index contributed by atoms with van der Waals surface area (Å²) in [5.41, 5.74) is 2.82. The maximum atomic E-state index is 13.8. The molecule has 0 fully saturated rings. The first-order chi connectivity index (χ1) is 18.2. The standard InChI is InChI=1S/C30H34N2O5S/c1-5-30(6-2)18-24(23-9-7-8-10-26(23)37-30)31-29(33)28-19-32(25-16-13-21(4)17-27(25)36-28)38(34,35)22-14-11-20(3)12-15-22/h7-17,24,28H,5-6,18-19H2,1-4H3,(H,31,33)/t24-,28-/m0/s1. The number of fused-ring (bicyclic) bond motifs is 2. The molecule has 0 aromatic heterocycles. The highest BCUT2D eigenvalue weighted by molar-refractivity contribution is 7.92. The monoisotopic (exact) mass is 534 g/mol. The highest BCUT2D eigenvalue weighted by Gasteiger charge is 2.42. The fourth-order valence-corrected chi connectivity index (χ4v) is 6.73. The number of carbonyl (C=O) groups excluding carboxylic acids is 1. The molecule has 1 N–H and O–H groups in total. The van der Waals surface area contributed by atoms with Crippen molar-refractivity contribution in [1.29, 1.82) is 0 Å². The topological polar surface area (TPSA) is 84.9 Å². The Morgan fingerprint density at radius 1 is 0.974 bits per heavy atom. The fourth-order valence-electron chi connectivity index (χ4n) is 5.26. The Balaban J connectivity index is 1.47. The molecule has 2 atom stereocenters. The van der Waals surface area contributed by atoms with Crippen LogP contribution in [0.4, 0.5) is 5.69 Å². The van der Waals surface area contributed by atoms with Crippen molar-refractivity contribution in [1.82, 2.24) is 5.32 Å². The van der Waals surface area contributed by atoms with Gasteiger partial charge in [-0.3, -0.25) is 9.10 Å². The number of benzene rings is 3. The number of amides is 1. The zero-order chi connectivity index (χ0) is 27.1. The minimum atomic E-state index is -3.93. The number of rotatable bonds is 6. The summed E-state index contributed by atoms with van der Waals surface area (Å²) >= 11 is 0. The minimum absolute atomic E-state index is 0.129. The number of para-hydroxylation sites is 1. The van der Waals surface area contributed by atoms with Gasteiger partial charge in [-0.15, -0.1) is 0 Å². The molecule has 2 aliphatic rings. The van der Waals surface area contributed by atoms with Gasteiger partial charge in [-0.1, -0.05) is 55.8 Å². The van der Waals surface area contributed by atoms with Crippen molar-refractivity contribution < 1.29 is 22.7 Å². The molecular formula is C30H34N2O5S. The van der Waals surface area contributed by atoms with Crippen molar-refractivity contribution >= 4 is 21.6 Å². The molecule has 0 unspecified atom stereocenters. The van der Waals surface area contributed by atoms with Gasteiger partial charge >= 0.3 is 0 Å². The van der Waals surface area contributed by atoms with Crippen LogP contribution < -0.4 is 19.1 Å². The summed E-state index contributed by atoms with van der Waals surface area (Å²) in [6.07, 6.45) is 1.21. The van der Waals surface area contributed by atoms with Crippen LogP contribution >= 0.6 is 0 Å². The molecule has 2 heterocycles. The zero-order valence-corrected chi connectivity index (χ0v) is 23.0. The molecule has 0 radical (unpaired) electrons. The normalized spacial score (nSPS) is 19.9. The van der Waals surface area contributed by atoms with Crippen LogP contribution in [0.5, 0.6) is 11.5 Å². The van der Waals surface area contributed by atoms with Gasteiger partial charge in [0, 0.05) is 12.0 Å². The molecule has 2 aliphatic heterocycles. The Kier molecular flexibility index (Phi) is 6.86. The lowest BCUT2D eigenvalue weighted by atomic mass is 9.83. The number of nitrogens with one attached hydrogen (secondary N) is 1. The number of hydrogen-bond acceptors (Lipinski definition) is 5. The maximum absolute atomic E-state index is 13.8. The van der Waals surface area contributed by atoms with E-state index in [2.05, 4.69) is 19.2 Å². The molecule has 3 aromatic rings. The van der Waals surface area contributed by atoms with Crippen molar-refractivity contribution in [3.63, 3.8) is 0 Å². The van der Waals surface area contributed by atoms with Crippen LogP contribution in [0.2, 0.25) is 0 Å². The van der Waals surface area contributed by atoms with E-state index in [1.165, 1.54) is 4.31 Å². The van der Waals surface area contributed by atoms with Crippen molar-refractivity contribution in [2.75, 3.05) is 10.8 Å². The van der Waals surface area contributed by atoms with Crippen LogP contribution in [-0.4, -0.2) is 32.6 Å². The Hall–Kier alpha value is -3.52. The molecule has 0 saturated heterocycles. The molecule has 3 aromatic carbocycles. The van der Waals surface area contributed by atoms with Crippen LogP contribution in [0.15, 0.2) is 71.6 Å². The van der Waals surface area contributed by atoms with Gasteiger partial charge in [-0.05, 0) is 62.6 Å². The van der Waals surface area contributed by atoms with Gasteiger partial charge in [0.15, 0.2) is 6.10 Å². The lowest BCUT2D eigenvalue weighted by Crippen LogP contribution is -2.52. The van der Waals surface area contributed by atoms with Gasteiger partial charge in [0.2, 0.25) is 0 Å². The summed E-state index contributed by atoms with van der Waals surface area (Å²) in [7, 11) is -3.93. The van der Waals surface area contributed by atoms with Gasteiger partial charge in [0.25, 0.3) is 15.9 Å². The molecule has 1 amide bonds. The average molecular weight is 535 g/mol. The molecule has 8 heteroatoms. The maximum Gasteiger partial charge on any atom is 0.264 e. The zero-order valence-electron chi connectivity index (χ0n) is 22.2. The number of hydrogen-bond donors (Lipinski definition) is 1. The Bertz CT molecular complexity index is 1450. The number of anilines is 1. The lowest BCUT2D eigenvalue weighted by Gasteiger charge is -2.42. The third kappa shape index (κ3) is 4.73. The highest BCUT2D eigenvalue weighted by atomic mass is 32.2. The SMILES string of the molecule is CCC1(CC)C[C@H](NC(=O)[C@@H]2CN(S(=O)(=O)c3ccc(C)cc3)c3ccc(C)cc3O2)c2ccccc2O1. The third-order valence-electron chi connectivity index (χ3n) is 7.69. The molecule has 5 rings (SSSR count). The lowest BCUT2D eigenvalue weighted by molar-refractivity contribution is -0.129. The molecule has 200 valence electrons. The van der Waals surface area contributed by atoms with Gasteiger partial charge in [0.1, 0.15) is 17.1 Å². The molecule has 0 spiro atoms. The Morgan fingerprint density at radius 3 is 2.37 bits per heavy atom. The van der Waals surface area contributed by atoms with Gasteiger partial charge < -0.3 is 14.8 Å². The van der Waals surface area contributed by atoms with Crippen molar-refractivity contribution in [2.24, 2.45) is 0 Å². The van der Waals surface area contributed by atoms with Crippen LogP contribution in [0, 0.1) is 13.8 Å². The van der Waals surface area contributed by atoms with Crippen LogP contribution in [0.3, 0.4) is 0 Å². The quantitative estimate of drug-likeness (QED) is 0.454. The van der Waals surface area contributed by atoms with Crippen LogP contribution in [0.1, 0.15) is 55.8 Å². The largest absolute Gasteiger partial charge is 0.487 e. The van der Waals surface area contributed by atoms with Crippen LogP contribution in [-0.2, 0) is 14.8 Å². The van der Waals surface area contributed by atoms with Gasteiger partial charge in [-0.25, -0.2) is 8.42 Å². The average Bonchev–Trinajstić information content (AvgIpc) is 2.92. The van der Waals surface area contributed by atoms with E-state index in [9.17, 15) is 13.2 Å². The second-order valence-electron chi connectivity index (χ2n) is 10.2. The molecule has 0 bridgehead atoms. The summed E-state index contributed by atoms with van der Waals surface area (Å²) in [4.78, 5) is 13.9. The number of carbonyl (C=O) groups is 1. The molecule has 0 aliphatic carbocycles. The minimum Gasteiger partial charge on any atom is -0.487 e. The molecule has 0 saturated carbocycles. The molecule has 7 nitrogen and oxygen atoms in total. The molecule has 38 heavy (non-hydrogen) atoms. The fraction of sp³-hybridized carbons (Fsp3) is 0.367. The van der Waals surface area contributed by atoms with E-state index in [0.29, 0.717) is 17.9 Å². The first-order valence-corrected chi connectivity index (χ1v) is 14.5. The van der Waals surface area contributed by atoms with E-state index >= 15 is 0 Å². The number of sulfonamides is 1. The second kappa shape index (κ2) is 9.98. The summed E-state index contributed by atoms with van der Waals surface area (Å²) in [6, 6.07) is 19.5. The van der Waals surface area contributed by atoms with E-state index in [1.807, 2.05) is 44.2 Å². The number of nitrogens with zero attached hydrogens (tertiary/aromatic N) is 1. The smallest absolute Gasteiger partial charge is 0.264 e. The number of ether oxygens (including phenoxy) is 2. The van der Waals surface area contributed by atoms with Gasteiger partial charge in [0.05, 0.1) is 23.2 Å². The first-order valence-electron chi connectivity index (χ1n) is 13.1. The Morgan fingerprint density at radius 2 is 1.66 bits per heavy atom. The van der Waals surface area contributed by atoms with Crippen LogP contribution in [0.25, 0.3) is 0 Å². The highest BCUT2D eigenvalue weighted by Crippen LogP contribution is 2.43. The molecular weight excluding hydrogens is 500 g/mol. The third-order valence-corrected chi connectivity index (χ3v) is 9.48. The van der Waals surface area contributed by atoms with Crippen molar-refractivity contribution in [2.45, 2.75) is 69.6 Å². The first kappa shape index (κ1) is 26.1. The van der Waals surface area contributed by atoms with Gasteiger partial charge in [-0.2, -0.15) is 0 Å². The van der Waals surface area contributed by atoms with E-state index in [4.69, 9.17) is 9.47 Å². The van der Waals surface area contributed by atoms with Crippen molar-refractivity contribution in [3.05, 3.63) is 83.4 Å². The van der Waals surface area contributed by atoms with E-state index in [-0.39, 0.29) is 29.0 Å². The van der Waals surface area contributed by atoms with E-state index < -0.39 is 16.1 Å². The van der Waals surface area contributed by atoms with E-state index in [1.54, 1.807) is 36.4 Å².